The number of benzene rings is 2. The van der Waals surface area contributed by atoms with E-state index in [0.717, 1.165) is 57.3 Å². The van der Waals surface area contributed by atoms with E-state index < -0.39 is 17.7 Å². The second-order valence-corrected chi connectivity index (χ2v) is 9.88. The number of ketones is 1. The van der Waals surface area contributed by atoms with Gasteiger partial charge in [-0.05, 0) is 63.5 Å². The molecule has 1 aliphatic rings. The predicted molar refractivity (Wildman–Crippen MR) is 151 cm³/mol. The molecule has 1 heterocycles. The number of carbonyl (C=O) groups excluding carboxylic acids is 2. The third kappa shape index (κ3) is 6.76. The molecule has 1 amide bonds. The zero-order valence-electron chi connectivity index (χ0n) is 23.5. The lowest BCUT2D eigenvalue weighted by atomic mass is 9.94. The average Bonchev–Trinajstić information content (AvgIpc) is 3.18. The van der Waals surface area contributed by atoms with E-state index in [1.807, 2.05) is 25.1 Å². The maximum absolute atomic E-state index is 13.4. The van der Waals surface area contributed by atoms with Crippen LogP contribution in [0.4, 0.5) is 0 Å². The van der Waals surface area contributed by atoms with E-state index in [1.54, 1.807) is 43.4 Å². The number of rotatable bonds is 14. The van der Waals surface area contributed by atoms with Crippen LogP contribution >= 0.6 is 0 Å². The SMILES string of the molecule is CCCCN(CCCC)CCCN1C(=O)C(=O)C(=C(O)c2ccc(C)cc2)[C@H]1c1ccc(OC)c(OC)c1. The minimum absolute atomic E-state index is 0.0971. The Morgan fingerprint density at radius 3 is 2.08 bits per heavy atom. The van der Waals surface area contributed by atoms with Crippen molar-refractivity contribution in [3.63, 3.8) is 0 Å². The molecule has 1 aliphatic heterocycles. The van der Waals surface area contributed by atoms with Crippen molar-refractivity contribution in [2.24, 2.45) is 0 Å². The molecule has 1 saturated heterocycles. The molecule has 0 unspecified atom stereocenters. The largest absolute Gasteiger partial charge is 0.507 e. The van der Waals surface area contributed by atoms with Crippen molar-refractivity contribution in [3.8, 4) is 11.5 Å². The second kappa shape index (κ2) is 14.0. The Hall–Kier alpha value is -3.32. The zero-order chi connectivity index (χ0) is 27.7. The summed E-state index contributed by atoms with van der Waals surface area (Å²) in [4.78, 5) is 30.8. The minimum atomic E-state index is -0.726. The van der Waals surface area contributed by atoms with Gasteiger partial charge in [0.25, 0.3) is 11.7 Å². The van der Waals surface area contributed by atoms with E-state index in [4.69, 9.17) is 9.47 Å². The second-order valence-electron chi connectivity index (χ2n) is 9.88. The standard InChI is InChI=1S/C31H42N2O5/c1-6-8-17-32(18-9-7-2)19-10-20-33-28(24-15-16-25(37-4)26(21-24)38-5)27(30(35)31(33)36)29(34)23-13-11-22(3)12-14-23/h11-16,21,28,34H,6-10,17-20H2,1-5H3/t28-/m1/s1. The highest BCUT2D eigenvalue weighted by molar-refractivity contribution is 6.46. The molecule has 0 spiro atoms. The molecule has 0 radical (unpaired) electrons. The van der Waals surface area contributed by atoms with Crippen LogP contribution in [-0.2, 0) is 9.59 Å². The van der Waals surface area contributed by atoms with Gasteiger partial charge in [0.2, 0.25) is 0 Å². The van der Waals surface area contributed by atoms with Crippen LogP contribution in [0, 0.1) is 6.92 Å². The Balaban J connectivity index is 1.98. The van der Waals surface area contributed by atoms with E-state index in [9.17, 15) is 14.7 Å². The Morgan fingerprint density at radius 2 is 1.50 bits per heavy atom. The topological polar surface area (TPSA) is 79.3 Å². The molecule has 7 heteroatoms. The number of methoxy groups -OCH3 is 2. The first-order valence-corrected chi connectivity index (χ1v) is 13.7. The first-order valence-electron chi connectivity index (χ1n) is 13.7. The molecular weight excluding hydrogens is 480 g/mol. The summed E-state index contributed by atoms with van der Waals surface area (Å²) in [5.74, 6) is -0.382. The van der Waals surface area contributed by atoms with Crippen LogP contribution in [0.3, 0.4) is 0 Å². The average molecular weight is 523 g/mol. The number of hydrogen-bond acceptors (Lipinski definition) is 6. The number of aryl methyl sites for hydroxylation is 1. The number of amides is 1. The highest BCUT2D eigenvalue weighted by atomic mass is 16.5. The molecule has 7 nitrogen and oxygen atoms in total. The maximum Gasteiger partial charge on any atom is 0.295 e. The molecule has 38 heavy (non-hydrogen) atoms. The minimum Gasteiger partial charge on any atom is -0.507 e. The molecule has 1 N–H and O–H groups in total. The van der Waals surface area contributed by atoms with E-state index >= 15 is 0 Å². The first-order chi connectivity index (χ1) is 18.4. The van der Waals surface area contributed by atoms with Crippen LogP contribution in [0.25, 0.3) is 5.76 Å². The monoisotopic (exact) mass is 522 g/mol. The van der Waals surface area contributed by atoms with E-state index in [-0.39, 0.29) is 11.3 Å². The number of likely N-dealkylation sites (tertiary alicyclic amines) is 1. The molecule has 0 aromatic heterocycles. The van der Waals surface area contributed by atoms with Crippen LogP contribution in [-0.4, -0.2) is 67.0 Å². The summed E-state index contributed by atoms with van der Waals surface area (Å²) in [6.07, 6.45) is 5.27. The van der Waals surface area contributed by atoms with Crippen LogP contribution < -0.4 is 9.47 Å². The van der Waals surface area contributed by atoms with E-state index in [1.165, 1.54) is 0 Å². The molecule has 1 fully saturated rings. The summed E-state index contributed by atoms with van der Waals surface area (Å²) in [5.41, 5.74) is 2.32. The Morgan fingerprint density at radius 1 is 0.895 bits per heavy atom. The van der Waals surface area contributed by atoms with Gasteiger partial charge in [0.15, 0.2) is 11.5 Å². The fourth-order valence-electron chi connectivity index (χ4n) is 4.91. The van der Waals surface area contributed by atoms with Crippen molar-refractivity contribution >= 4 is 17.4 Å². The first kappa shape index (κ1) is 29.2. The summed E-state index contributed by atoms with van der Waals surface area (Å²) in [7, 11) is 3.11. The predicted octanol–water partition coefficient (Wildman–Crippen LogP) is 5.73. The normalized spacial score (nSPS) is 16.9. The lowest BCUT2D eigenvalue weighted by molar-refractivity contribution is -0.140. The third-order valence-corrected chi connectivity index (χ3v) is 7.12. The van der Waals surface area contributed by atoms with Gasteiger partial charge >= 0.3 is 0 Å². The molecule has 206 valence electrons. The number of aliphatic hydroxyl groups is 1. The smallest absolute Gasteiger partial charge is 0.295 e. The lowest BCUT2D eigenvalue weighted by Gasteiger charge is -2.28. The van der Waals surface area contributed by atoms with Gasteiger partial charge in [-0.15, -0.1) is 0 Å². The molecule has 2 aromatic carbocycles. The van der Waals surface area contributed by atoms with Gasteiger partial charge in [-0.25, -0.2) is 0 Å². The van der Waals surface area contributed by atoms with Crippen molar-refractivity contribution < 1.29 is 24.2 Å². The highest BCUT2D eigenvalue weighted by Gasteiger charge is 2.46. The molecule has 0 bridgehead atoms. The van der Waals surface area contributed by atoms with Gasteiger partial charge in [-0.2, -0.15) is 0 Å². The van der Waals surface area contributed by atoms with Gasteiger partial charge in [0.05, 0.1) is 25.8 Å². The Bertz CT molecular complexity index is 1120. The number of unbranched alkanes of at least 4 members (excludes halogenated alkanes) is 2. The van der Waals surface area contributed by atoms with Crippen LogP contribution in [0.15, 0.2) is 48.0 Å². The van der Waals surface area contributed by atoms with Gasteiger partial charge in [-0.1, -0.05) is 62.6 Å². The number of aliphatic hydroxyl groups excluding tert-OH is 1. The lowest BCUT2D eigenvalue weighted by Crippen LogP contribution is -2.34. The van der Waals surface area contributed by atoms with Gasteiger partial charge in [-0.3, -0.25) is 9.59 Å². The zero-order valence-corrected chi connectivity index (χ0v) is 23.5. The fourth-order valence-corrected chi connectivity index (χ4v) is 4.91. The number of nitrogens with zero attached hydrogens (tertiary/aromatic N) is 2. The van der Waals surface area contributed by atoms with Gasteiger partial charge in [0.1, 0.15) is 5.76 Å². The Kier molecular flexibility index (Phi) is 10.8. The van der Waals surface area contributed by atoms with Crippen molar-refractivity contribution in [2.75, 3.05) is 40.4 Å². The summed E-state index contributed by atoms with van der Waals surface area (Å²) in [5, 5.41) is 11.3. The Labute approximate surface area is 227 Å². The van der Waals surface area contributed by atoms with E-state index in [0.29, 0.717) is 29.2 Å². The van der Waals surface area contributed by atoms with Crippen molar-refractivity contribution in [1.82, 2.24) is 9.80 Å². The maximum atomic E-state index is 13.4. The summed E-state index contributed by atoms with van der Waals surface area (Å²) in [6.45, 7) is 9.65. The van der Waals surface area contributed by atoms with Crippen molar-refractivity contribution in [3.05, 3.63) is 64.7 Å². The van der Waals surface area contributed by atoms with Crippen molar-refractivity contribution in [2.45, 2.75) is 58.9 Å². The molecule has 0 saturated carbocycles. The summed E-state index contributed by atoms with van der Waals surface area (Å²) in [6, 6.07) is 11.9. The molecule has 2 aromatic rings. The van der Waals surface area contributed by atoms with Crippen LogP contribution in [0.5, 0.6) is 11.5 Å². The van der Waals surface area contributed by atoms with Gasteiger partial charge < -0.3 is 24.4 Å². The molecular formula is C31H42N2O5. The summed E-state index contributed by atoms with van der Waals surface area (Å²) < 4.78 is 10.9. The van der Waals surface area contributed by atoms with Crippen LogP contribution in [0.2, 0.25) is 0 Å². The highest BCUT2D eigenvalue weighted by Crippen LogP contribution is 2.42. The number of ether oxygens (including phenoxy) is 2. The quantitative estimate of drug-likeness (QED) is 0.194. The third-order valence-electron chi connectivity index (χ3n) is 7.12. The van der Waals surface area contributed by atoms with E-state index in [2.05, 4.69) is 18.7 Å². The number of hydrogen-bond donors (Lipinski definition) is 1. The fraction of sp³-hybridized carbons (Fsp3) is 0.484. The van der Waals surface area contributed by atoms with Gasteiger partial charge in [0, 0.05) is 12.1 Å². The number of Topliss-reactive ketones (excluding diaryl/α,β-unsaturated/α-hetero) is 1. The summed E-state index contributed by atoms with van der Waals surface area (Å²) >= 11 is 0. The molecule has 3 rings (SSSR count). The molecule has 0 aliphatic carbocycles. The molecule has 1 atom stereocenters. The number of carbonyl (C=O) groups is 2. The van der Waals surface area contributed by atoms with Crippen molar-refractivity contribution in [1.29, 1.82) is 0 Å². The van der Waals surface area contributed by atoms with Crippen LogP contribution in [0.1, 0.15) is 68.7 Å².